The van der Waals surface area contributed by atoms with Crippen molar-refractivity contribution in [2.75, 3.05) is 30.9 Å². The molecule has 3 aromatic rings. The molecular weight excluding hydrogens is 438 g/mol. The Hall–Kier alpha value is -3.66. The number of nitrogen functional groups attached to an aromatic ring is 1. The number of aryl methyl sites for hydroxylation is 2. The second-order valence-electron chi connectivity index (χ2n) is 8.02. The summed E-state index contributed by atoms with van der Waals surface area (Å²) in [5.41, 5.74) is 6.88. The average Bonchev–Trinajstić information content (AvgIpc) is 3.29. The third-order valence-electron chi connectivity index (χ3n) is 5.48. The van der Waals surface area contributed by atoms with Crippen molar-refractivity contribution in [3.05, 3.63) is 62.8 Å². The molecule has 10 nitrogen and oxygen atoms in total. The fourth-order valence-electron chi connectivity index (χ4n) is 3.55. The van der Waals surface area contributed by atoms with Crippen molar-refractivity contribution >= 4 is 17.4 Å². The van der Waals surface area contributed by atoms with Crippen LogP contribution in [0.2, 0.25) is 0 Å². The summed E-state index contributed by atoms with van der Waals surface area (Å²) in [6.45, 7) is 4.62. The minimum Gasteiger partial charge on any atom is -0.441 e. The molecule has 1 amide bonds. The molecule has 1 aromatic carbocycles. The number of aromatic nitrogens is 3. The molecule has 2 heterocycles. The van der Waals surface area contributed by atoms with E-state index in [4.69, 9.17) is 14.9 Å². The van der Waals surface area contributed by atoms with Crippen LogP contribution in [0.4, 0.5) is 11.5 Å². The van der Waals surface area contributed by atoms with Crippen molar-refractivity contribution in [3.63, 3.8) is 0 Å². The van der Waals surface area contributed by atoms with Gasteiger partial charge in [-0.15, -0.1) is 0 Å². The van der Waals surface area contributed by atoms with Crippen molar-refractivity contribution < 1.29 is 13.9 Å². The molecule has 2 aromatic heterocycles. The topological polar surface area (TPSA) is 136 Å². The minimum atomic E-state index is -0.711. The van der Waals surface area contributed by atoms with Crippen molar-refractivity contribution in [2.45, 2.75) is 46.1 Å². The lowest BCUT2D eigenvalue weighted by atomic mass is 10.1. The largest absolute Gasteiger partial charge is 0.441 e. The zero-order valence-corrected chi connectivity index (χ0v) is 19.8. The molecule has 182 valence electrons. The lowest BCUT2D eigenvalue weighted by Gasteiger charge is -2.24. The number of H-pyrrole nitrogens is 1. The van der Waals surface area contributed by atoms with Gasteiger partial charge in [0, 0.05) is 38.6 Å². The number of carbonyl (C=O) groups excluding carboxylic acids is 1. The van der Waals surface area contributed by atoms with Gasteiger partial charge in [-0.05, 0) is 13.3 Å². The van der Waals surface area contributed by atoms with Gasteiger partial charge in [-0.1, -0.05) is 43.2 Å². The third-order valence-corrected chi connectivity index (χ3v) is 5.48. The third kappa shape index (κ3) is 5.82. The highest BCUT2D eigenvalue weighted by Gasteiger charge is 2.24. The minimum absolute atomic E-state index is 0.0323. The molecule has 34 heavy (non-hydrogen) atoms. The molecular formula is C24H31N5O5. The molecule has 0 spiro atoms. The van der Waals surface area contributed by atoms with E-state index < -0.39 is 11.2 Å². The Labute approximate surface area is 197 Å². The van der Waals surface area contributed by atoms with Gasteiger partial charge >= 0.3 is 5.69 Å². The van der Waals surface area contributed by atoms with Gasteiger partial charge in [0.25, 0.3) is 5.56 Å². The van der Waals surface area contributed by atoms with Crippen molar-refractivity contribution in [2.24, 2.45) is 0 Å². The lowest BCUT2D eigenvalue weighted by molar-refractivity contribution is -0.118. The number of unbranched alkanes of at least 4 members (excludes halogenated alkanes) is 1. The highest BCUT2D eigenvalue weighted by molar-refractivity contribution is 5.95. The van der Waals surface area contributed by atoms with Gasteiger partial charge in [-0.25, -0.2) is 9.78 Å². The number of nitrogens with one attached hydrogen (secondary N) is 1. The maximum Gasteiger partial charge on any atom is 0.330 e. The van der Waals surface area contributed by atoms with E-state index in [-0.39, 0.29) is 43.4 Å². The molecule has 0 aliphatic heterocycles. The maximum absolute atomic E-state index is 13.2. The molecule has 0 bridgehead atoms. The van der Waals surface area contributed by atoms with E-state index in [9.17, 15) is 14.4 Å². The van der Waals surface area contributed by atoms with Crippen molar-refractivity contribution in [1.82, 2.24) is 14.5 Å². The lowest BCUT2D eigenvalue weighted by Crippen LogP contribution is -2.42. The maximum atomic E-state index is 13.2. The van der Waals surface area contributed by atoms with Crippen LogP contribution in [0.15, 0.2) is 44.5 Å². The number of aromatic amines is 1. The molecule has 0 saturated carbocycles. The number of hydrogen-bond acceptors (Lipinski definition) is 7. The van der Waals surface area contributed by atoms with Crippen LogP contribution in [0, 0.1) is 6.92 Å². The number of rotatable bonds is 11. The number of nitrogens with two attached hydrogens (primary N) is 1. The first-order valence-electron chi connectivity index (χ1n) is 11.3. The zero-order valence-electron chi connectivity index (χ0n) is 19.8. The first kappa shape index (κ1) is 25.0. The van der Waals surface area contributed by atoms with Gasteiger partial charge in [0.15, 0.2) is 17.3 Å². The van der Waals surface area contributed by atoms with E-state index >= 15 is 0 Å². The monoisotopic (exact) mass is 469 g/mol. The predicted molar refractivity (Wildman–Crippen MR) is 130 cm³/mol. The van der Waals surface area contributed by atoms with Gasteiger partial charge < -0.3 is 19.8 Å². The fourth-order valence-corrected chi connectivity index (χ4v) is 3.55. The summed E-state index contributed by atoms with van der Waals surface area (Å²) in [7, 11) is 1.50. The smallest absolute Gasteiger partial charge is 0.330 e. The van der Waals surface area contributed by atoms with E-state index in [0.29, 0.717) is 24.6 Å². The SMILES string of the molecule is CCCCn1c(N)c(N(CCOC)C(=O)CCc2ncc(-c3ccc(C)cc3)o2)c(=O)[nH]c1=O. The van der Waals surface area contributed by atoms with E-state index in [1.807, 2.05) is 38.1 Å². The number of methoxy groups -OCH3 is 1. The summed E-state index contributed by atoms with van der Waals surface area (Å²) in [6, 6.07) is 7.85. The summed E-state index contributed by atoms with van der Waals surface area (Å²) in [6.07, 6.45) is 3.44. The van der Waals surface area contributed by atoms with Gasteiger partial charge in [0.1, 0.15) is 5.82 Å². The number of benzene rings is 1. The van der Waals surface area contributed by atoms with Crippen molar-refractivity contribution in [1.29, 1.82) is 0 Å². The highest BCUT2D eigenvalue weighted by Crippen LogP contribution is 2.22. The molecule has 0 aliphatic rings. The molecule has 10 heteroatoms. The first-order chi connectivity index (χ1) is 16.3. The Balaban J connectivity index is 1.81. The van der Waals surface area contributed by atoms with E-state index in [2.05, 4.69) is 9.97 Å². The number of amides is 1. The number of hydrogen-bond donors (Lipinski definition) is 2. The Kier molecular flexibility index (Phi) is 8.42. The Bertz CT molecular complexity index is 1230. The second kappa shape index (κ2) is 11.5. The number of anilines is 2. The van der Waals surface area contributed by atoms with Crippen LogP contribution in [-0.2, 0) is 22.5 Å². The number of nitrogens with zero attached hydrogens (tertiary/aromatic N) is 3. The van der Waals surface area contributed by atoms with Crippen molar-refractivity contribution in [3.8, 4) is 11.3 Å². The molecule has 3 N–H and O–H groups in total. The Morgan fingerprint density at radius 1 is 1.26 bits per heavy atom. The number of oxazole rings is 1. The molecule has 0 atom stereocenters. The van der Waals surface area contributed by atoms with Crippen LogP contribution in [0.3, 0.4) is 0 Å². The van der Waals surface area contributed by atoms with E-state index in [0.717, 1.165) is 17.5 Å². The quantitative estimate of drug-likeness (QED) is 0.440. The van der Waals surface area contributed by atoms with E-state index in [1.165, 1.54) is 16.6 Å². The van der Waals surface area contributed by atoms with Gasteiger partial charge in [0.2, 0.25) is 5.91 Å². The predicted octanol–water partition coefficient (Wildman–Crippen LogP) is 2.49. The van der Waals surface area contributed by atoms with Crippen LogP contribution in [0.1, 0.15) is 37.6 Å². The average molecular weight is 470 g/mol. The summed E-state index contributed by atoms with van der Waals surface area (Å²) in [5.74, 6) is 0.627. The summed E-state index contributed by atoms with van der Waals surface area (Å²) < 4.78 is 12.2. The zero-order chi connectivity index (χ0) is 24.7. The highest BCUT2D eigenvalue weighted by atomic mass is 16.5. The molecule has 3 rings (SSSR count). The van der Waals surface area contributed by atoms with Crippen LogP contribution in [0.5, 0.6) is 0 Å². The van der Waals surface area contributed by atoms with Gasteiger partial charge in [-0.3, -0.25) is 19.1 Å². The molecule has 0 radical (unpaired) electrons. The number of ether oxygens (including phenoxy) is 1. The van der Waals surface area contributed by atoms with Gasteiger partial charge in [-0.2, -0.15) is 0 Å². The van der Waals surface area contributed by atoms with Crippen LogP contribution in [0.25, 0.3) is 11.3 Å². The number of carbonyl (C=O) groups is 1. The molecule has 0 fully saturated rings. The van der Waals surface area contributed by atoms with Crippen LogP contribution < -0.4 is 21.9 Å². The Morgan fingerprint density at radius 2 is 2.00 bits per heavy atom. The van der Waals surface area contributed by atoms with Gasteiger partial charge in [0.05, 0.1) is 12.8 Å². The van der Waals surface area contributed by atoms with E-state index in [1.54, 1.807) is 6.20 Å². The molecule has 0 unspecified atom stereocenters. The fraction of sp³-hybridized carbons (Fsp3) is 0.417. The summed E-state index contributed by atoms with van der Waals surface area (Å²) >= 11 is 0. The second-order valence-corrected chi connectivity index (χ2v) is 8.02. The first-order valence-corrected chi connectivity index (χ1v) is 11.3. The van der Waals surface area contributed by atoms with Crippen LogP contribution >= 0.6 is 0 Å². The van der Waals surface area contributed by atoms with Crippen LogP contribution in [-0.4, -0.2) is 40.7 Å². The normalized spacial score (nSPS) is 11.0. The molecule has 0 saturated heterocycles. The Morgan fingerprint density at radius 3 is 2.68 bits per heavy atom. The summed E-state index contributed by atoms with van der Waals surface area (Å²) in [4.78, 5) is 45.9. The molecule has 0 aliphatic carbocycles. The summed E-state index contributed by atoms with van der Waals surface area (Å²) in [5, 5.41) is 0. The standard InChI is InChI=1S/C24H31N5O5/c1-4-5-12-29-22(25)21(23(31)27-24(29)32)28(13-14-33-3)20(30)11-10-19-26-15-18(34-19)17-8-6-16(2)7-9-17/h6-9,15H,4-5,10-14,25H2,1-3H3,(H,27,31,32).